The summed E-state index contributed by atoms with van der Waals surface area (Å²) in [7, 11) is 0. The van der Waals surface area contributed by atoms with Crippen LogP contribution in [0, 0.1) is 5.92 Å². The number of benzene rings is 2. The molecule has 2 aromatic carbocycles. The van der Waals surface area contributed by atoms with Gasteiger partial charge in [0.2, 0.25) is 0 Å². The fourth-order valence-corrected chi connectivity index (χ4v) is 5.16. The van der Waals surface area contributed by atoms with Gasteiger partial charge in [-0.25, -0.2) is 4.39 Å². The number of rotatable bonds is 9. The van der Waals surface area contributed by atoms with Crippen LogP contribution in [0.4, 0.5) is 43.9 Å². The van der Waals surface area contributed by atoms with Crippen LogP contribution in [-0.4, -0.2) is 29.6 Å². The zero-order valence-corrected chi connectivity index (χ0v) is 22.3. The second-order valence-electron chi connectivity index (χ2n) is 8.36. The van der Waals surface area contributed by atoms with E-state index in [0.29, 0.717) is 17.8 Å². The monoisotopic (exact) mass is 658 g/mol. The Hall–Kier alpha value is -1.73. The highest BCUT2D eigenvalue weighted by Gasteiger charge is 2.41. The summed E-state index contributed by atoms with van der Waals surface area (Å²) in [4.78, 5) is 12.5. The first-order chi connectivity index (χ1) is 17.3. The lowest BCUT2D eigenvalue weighted by Crippen LogP contribution is -2.19. The summed E-state index contributed by atoms with van der Waals surface area (Å²) in [5.74, 6) is -7.28. The fourth-order valence-electron chi connectivity index (χ4n) is 3.41. The van der Waals surface area contributed by atoms with Crippen molar-refractivity contribution < 1.29 is 48.7 Å². The number of carbonyl (C=O) groups excluding carboxylic acids is 1. The molecule has 210 valence electrons. The molecule has 0 aliphatic rings. The summed E-state index contributed by atoms with van der Waals surface area (Å²) in [5, 5.41) is -0.0920. The van der Waals surface area contributed by atoms with Gasteiger partial charge in [0.1, 0.15) is 11.7 Å². The molecule has 14 heteroatoms. The largest absolute Gasteiger partial charge is 0.417 e. The van der Waals surface area contributed by atoms with Gasteiger partial charge in [-0.2, -0.15) is 51.3 Å². The molecule has 0 heterocycles. The summed E-state index contributed by atoms with van der Waals surface area (Å²) in [6.07, 6.45) is -15.1. The maximum absolute atomic E-state index is 14.9. The average Bonchev–Trinajstić information content (AvgIpc) is 2.73. The van der Waals surface area contributed by atoms with Gasteiger partial charge in [0.25, 0.3) is 0 Å². The zero-order chi connectivity index (χ0) is 29.1. The number of alkyl halides is 9. The van der Waals surface area contributed by atoms with Crippen molar-refractivity contribution in [2.75, 3.05) is 11.5 Å². The maximum Gasteiger partial charge on any atom is 0.417 e. The maximum atomic E-state index is 14.9. The number of ketones is 1. The van der Waals surface area contributed by atoms with Crippen LogP contribution in [0.25, 0.3) is 5.83 Å². The Bertz CT molecular complexity index is 1150. The first kappa shape index (κ1) is 32.5. The molecular formula is C24H18BrClF10OS. The van der Waals surface area contributed by atoms with Gasteiger partial charge >= 0.3 is 18.5 Å². The normalized spacial score (nSPS) is 14.9. The molecule has 2 aromatic rings. The highest BCUT2D eigenvalue weighted by Crippen LogP contribution is 2.41. The molecule has 0 aromatic heterocycles. The van der Waals surface area contributed by atoms with Gasteiger partial charge in [-0.3, -0.25) is 4.79 Å². The minimum Gasteiger partial charge on any atom is -0.294 e. The Morgan fingerprint density at radius 1 is 1.03 bits per heavy atom. The molecule has 2 atom stereocenters. The van der Waals surface area contributed by atoms with E-state index in [4.69, 9.17) is 11.6 Å². The Morgan fingerprint density at radius 2 is 1.66 bits per heavy atom. The number of halogens is 12. The summed E-state index contributed by atoms with van der Waals surface area (Å²) >= 11 is 9.23. The molecule has 2 rings (SSSR count). The lowest BCUT2D eigenvalue weighted by atomic mass is 9.93. The predicted molar refractivity (Wildman–Crippen MR) is 130 cm³/mol. The van der Waals surface area contributed by atoms with E-state index in [2.05, 4.69) is 15.9 Å². The van der Waals surface area contributed by atoms with Gasteiger partial charge in [0, 0.05) is 27.0 Å². The molecule has 0 spiro atoms. The van der Waals surface area contributed by atoms with Crippen LogP contribution in [0.15, 0.2) is 46.9 Å². The molecule has 1 unspecified atom stereocenters. The van der Waals surface area contributed by atoms with Crippen LogP contribution in [0.1, 0.15) is 46.3 Å². The van der Waals surface area contributed by atoms with E-state index in [1.54, 1.807) is 0 Å². The topological polar surface area (TPSA) is 17.1 Å². The molecule has 0 amide bonds. The first-order valence-electron chi connectivity index (χ1n) is 10.6. The van der Waals surface area contributed by atoms with Crippen molar-refractivity contribution in [2.45, 2.75) is 37.8 Å². The number of thioether (sulfide) groups is 1. The fraction of sp³-hybridized carbons (Fsp3) is 0.375. The van der Waals surface area contributed by atoms with Crippen LogP contribution in [-0.2, 0) is 6.18 Å². The molecule has 0 radical (unpaired) electrons. The second kappa shape index (κ2) is 12.6. The van der Waals surface area contributed by atoms with Crippen LogP contribution in [0.5, 0.6) is 0 Å². The van der Waals surface area contributed by atoms with Crippen molar-refractivity contribution in [3.8, 4) is 0 Å². The molecule has 0 aliphatic heterocycles. The van der Waals surface area contributed by atoms with Crippen molar-refractivity contribution in [2.24, 2.45) is 5.92 Å². The van der Waals surface area contributed by atoms with Crippen molar-refractivity contribution in [1.82, 2.24) is 0 Å². The number of hydrogen-bond acceptors (Lipinski definition) is 2. The van der Waals surface area contributed by atoms with Crippen LogP contribution in [0.3, 0.4) is 0 Å². The number of allylic oxidation sites excluding steroid dienone is 1. The standard InChI is InChI=1S/C24H18BrClF10OS/c1-12(10-38-11-22(28,29)30)4-21(37)17-3-2-13(7-19(17)24(34,35)36)20(27)9-18(23(31,32)33)14-5-15(25)8-16(26)6-14/h2-3,5-9,12,18H,4,10-11H2,1H3/b20-9-/t12-,18?/m0/s1. The van der Waals surface area contributed by atoms with E-state index < -0.39 is 76.4 Å². The van der Waals surface area contributed by atoms with Crippen molar-refractivity contribution >= 4 is 50.9 Å². The van der Waals surface area contributed by atoms with E-state index in [0.717, 1.165) is 18.2 Å². The van der Waals surface area contributed by atoms with Gasteiger partial charge in [-0.15, -0.1) is 0 Å². The third-order valence-corrected chi connectivity index (χ3v) is 7.02. The van der Waals surface area contributed by atoms with Gasteiger partial charge in [-0.1, -0.05) is 46.6 Å². The molecule has 0 saturated heterocycles. The van der Waals surface area contributed by atoms with Gasteiger partial charge in [-0.05, 0) is 47.6 Å². The Morgan fingerprint density at radius 3 is 2.18 bits per heavy atom. The van der Waals surface area contributed by atoms with E-state index in [1.165, 1.54) is 13.0 Å². The number of carbonyl (C=O) groups is 1. The summed E-state index contributed by atoms with van der Waals surface area (Å²) in [6.45, 7) is 1.39. The van der Waals surface area contributed by atoms with E-state index >= 15 is 0 Å². The minimum atomic E-state index is -5.17. The molecule has 38 heavy (non-hydrogen) atoms. The molecule has 0 fully saturated rings. The third-order valence-electron chi connectivity index (χ3n) is 5.01. The quantitative estimate of drug-likeness (QED) is 0.197. The Balaban J connectivity index is 2.39. The van der Waals surface area contributed by atoms with Crippen LogP contribution >= 0.6 is 39.3 Å². The summed E-state index contributed by atoms with van der Waals surface area (Å²) in [5.41, 5.74) is -3.76. The second-order valence-corrected chi connectivity index (χ2v) is 10.7. The number of Topliss-reactive ketones (excluding diaryl/α,β-unsaturated/α-hetero) is 1. The van der Waals surface area contributed by atoms with Crippen LogP contribution < -0.4 is 0 Å². The molecule has 0 N–H and O–H groups in total. The molecule has 1 nitrogen and oxygen atoms in total. The van der Waals surface area contributed by atoms with E-state index in [1.807, 2.05) is 0 Å². The highest BCUT2D eigenvalue weighted by molar-refractivity contribution is 9.10. The lowest BCUT2D eigenvalue weighted by Gasteiger charge is -2.19. The van der Waals surface area contributed by atoms with E-state index in [9.17, 15) is 48.7 Å². The van der Waals surface area contributed by atoms with Gasteiger partial charge < -0.3 is 0 Å². The predicted octanol–water partition coefficient (Wildman–Crippen LogP) is 10.3. The van der Waals surface area contributed by atoms with Crippen molar-refractivity contribution in [3.05, 3.63) is 74.2 Å². The smallest absolute Gasteiger partial charge is 0.294 e. The first-order valence-corrected chi connectivity index (χ1v) is 12.9. The van der Waals surface area contributed by atoms with Crippen molar-refractivity contribution in [3.63, 3.8) is 0 Å². The van der Waals surface area contributed by atoms with Gasteiger partial charge in [0.05, 0.1) is 11.3 Å². The number of hydrogen-bond donors (Lipinski definition) is 0. The SMILES string of the molecule is C[C@H](CSCC(F)(F)F)CC(=O)c1ccc(/C(F)=C/C(c2cc(Cl)cc(Br)c2)C(F)(F)F)cc1C(F)(F)F. The summed E-state index contributed by atoms with van der Waals surface area (Å²) < 4.78 is 134. The van der Waals surface area contributed by atoms with E-state index in [-0.39, 0.29) is 27.4 Å². The molecule has 0 saturated carbocycles. The Kier molecular flexibility index (Phi) is 10.8. The lowest BCUT2D eigenvalue weighted by molar-refractivity contribution is -0.140. The minimum absolute atomic E-state index is 0.0920. The van der Waals surface area contributed by atoms with Gasteiger partial charge in [0.15, 0.2) is 5.78 Å². The average molecular weight is 660 g/mol. The summed E-state index contributed by atoms with van der Waals surface area (Å²) in [6, 6.07) is 4.86. The van der Waals surface area contributed by atoms with Crippen molar-refractivity contribution in [1.29, 1.82) is 0 Å². The highest BCUT2D eigenvalue weighted by atomic mass is 79.9. The zero-order valence-electron chi connectivity index (χ0n) is 19.2. The van der Waals surface area contributed by atoms with Crippen LogP contribution in [0.2, 0.25) is 5.02 Å². The Labute approximate surface area is 228 Å². The third kappa shape index (κ3) is 9.78. The molecule has 0 aliphatic carbocycles. The molecular weight excluding hydrogens is 642 g/mol. The molecule has 0 bridgehead atoms.